The van der Waals surface area contributed by atoms with Gasteiger partial charge in [0, 0.05) is 11.9 Å². The van der Waals surface area contributed by atoms with Gasteiger partial charge in [0.1, 0.15) is 17.4 Å². The first-order valence-corrected chi connectivity index (χ1v) is 5.71. The predicted molar refractivity (Wildman–Crippen MR) is 71.8 cm³/mol. The van der Waals surface area contributed by atoms with E-state index in [1.807, 2.05) is 6.07 Å². The summed E-state index contributed by atoms with van der Waals surface area (Å²) in [5, 5.41) is 3.71. The number of hydrogen-bond donors (Lipinski definition) is 2. The summed E-state index contributed by atoms with van der Waals surface area (Å²) in [6.45, 7) is 0.480. The lowest BCUT2D eigenvalue weighted by atomic mass is 10.3. The Kier molecular flexibility index (Phi) is 3.84. The van der Waals surface area contributed by atoms with Crippen molar-refractivity contribution in [3.63, 3.8) is 0 Å². The molecule has 5 nitrogen and oxygen atoms in total. The van der Waals surface area contributed by atoms with Gasteiger partial charge >= 0.3 is 0 Å². The number of nitrogens with two attached hydrogens (primary N) is 1. The highest BCUT2D eigenvalue weighted by Gasteiger charge is 2.02. The fourth-order valence-electron chi connectivity index (χ4n) is 1.46. The summed E-state index contributed by atoms with van der Waals surface area (Å²) in [6, 6.07) is 7.10. The molecule has 0 spiro atoms. The molecule has 94 valence electrons. The van der Waals surface area contributed by atoms with E-state index in [0.29, 0.717) is 29.0 Å². The molecular formula is C12H13ClN4O. The Labute approximate surface area is 110 Å². The zero-order valence-electron chi connectivity index (χ0n) is 9.85. The predicted octanol–water partition coefficient (Wildman–Crippen LogP) is 2.33. The molecule has 2 rings (SSSR count). The highest BCUT2D eigenvalue weighted by atomic mass is 35.5. The minimum atomic E-state index is 0.453. The molecule has 2 aromatic rings. The Hall–Kier alpha value is -2.01. The van der Waals surface area contributed by atoms with E-state index >= 15 is 0 Å². The summed E-state index contributed by atoms with van der Waals surface area (Å²) in [6.07, 6.45) is 1.63. The Morgan fingerprint density at radius 1 is 1.39 bits per heavy atom. The molecule has 1 heterocycles. The molecule has 0 atom stereocenters. The lowest BCUT2D eigenvalue weighted by Gasteiger charge is -2.08. The van der Waals surface area contributed by atoms with Gasteiger partial charge in [0.25, 0.3) is 0 Å². The molecule has 0 radical (unpaired) electrons. The number of nitrogen functional groups attached to an aromatic ring is 1. The van der Waals surface area contributed by atoms with E-state index in [2.05, 4.69) is 15.3 Å². The van der Waals surface area contributed by atoms with E-state index in [0.717, 1.165) is 5.69 Å². The van der Waals surface area contributed by atoms with Crippen molar-refractivity contribution in [2.24, 2.45) is 0 Å². The smallest absolute Gasteiger partial charge is 0.149 e. The van der Waals surface area contributed by atoms with Crippen LogP contribution in [0.15, 0.2) is 30.5 Å². The number of benzene rings is 1. The third-order valence-corrected chi connectivity index (χ3v) is 2.62. The summed E-state index contributed by atoms with van der Waals surface area (Å²) in [5.74, 6) is 1.72. The summed E-state index contributed by atoms with van der Waals surface area (Å²) in [7, 11) is 1.58. The fourth-order valence-corrected chi connectivity index (χ4v) is 1.72. The van der Waals surface area contributed by atoms with Gasteiger partial charge in [-0.1, -0.05) is 11.6 Å². The Morgan fingerprint density at radius 3 is 2.89 bits per heavy atom. The number of methoxy groups -OCH3 is 1. The number of ether oxygens (including phenoxy) is 1. The number of rotatable bonds is 4. The van der Waals surface area contributed by atoms with Crippen LogP contribution in [0.4, 0.5) is 11.5 Å². The van der Waals surface area contributed by atoms with E-state index in [1.165, 1.54) is 0 Å². The molecule has 0 saturated heterocycles. The van der Waals surface area contributed by atoms with Crippen molar-refractivity contribution in [2.45, 2.75) is 6.54 Å². The van der Waals surface area contributed by atoms with Crippen LogP contribution in [0.25, 0.3) is 0 Å². The summed E-state index contributed by atoms with van der Waals surface area (Å²) in [4.78, 5) is 8.19. The number of aromatic nitrogens is 2. The third kappa shape index (κ3) is 3.01. The molecule has 0 bridgehead atoms. The number of nitrogens with zero attached hydrogens (tertiary/aromatic N) is 2. The van der Waals surface area contributed by atoms with Crippen molar-refractivity contribution in [3.8, 4) is 5.75 Å². The van der Waals surface area contributed by atoms with Crippen molar-refractivity contribution in [1.29, 1.82) is 0 Å². The van der Waals surface area contributed by atoms with Gasteiger partial charge in [0.2, 0.25) is 0 Å². The molecule has 0 saturated carbocycles. The molecule has 0 unspecified atom stereocenters. The minimum Gasteiger partial charge on any atom is -0.495 e. The van der Waals surface area contributed by atoms with Gasteiger partial charge in [0.15, 0.2) is 0 Å². The topological polar surface area (TPSA) is 73.1 Å². The van der Waals surface area contributed by atoms with Crippen molar-refractivity contribution in [1.82, 2.24) is 9.97 Å². The molecule has 6 heteroatoms. The molecule has 1 aromatic heterocycles. The summed E-state index contributed by atoms with van der Waals surface area (Å²) >= 11 is 6.02. The van der Waals surface area contributed by atoms with E-state index in [-0.39, 0.29) is 0 Å². The molecular weight excluding hydrogens is 252 g/mol. The zero-order valence-corrected chi connectivity index (χ0v) is 10.6. The molecule has 0 fully saturated rings. The second-order valence-electron chi connectivity index (χ2n) is 3.60. The van der Waals surface area contributed by atoms with E-state index in [9.17, 15) is 0 Å². The van der Waals surface area contributed by atoms with Crippen molar-refractivity contribution in [2.75, 3.05) is 18.2 Å². The van der Waals surface area contributed by atoms with Crippen molar-refractivity contribution >= 4 is 23.1 Å². The van der Waals surface area contributed by atoms with Crippen LogP contribution >= 0.6 is 11.6 Å². The lowest BCUT2D eigenvalue weighted by Crippen LogP contribution is -2.05. The van der Waals surface area contributed by atoms with Gasteiger partial charge in [-0.05, 0) is 24.3 Å². The molecule has 0 amide bonds. The van der Waals surface area contributed by atoms with Crippen LogP contribution in [-0.4, -0.2) is 17.1 Å². The minimum absolute atomic E-state index is 0.453. The molecule has 0 aliphatic carbocycles. The van der Waals surface area contributed by atoms with Gasteiger partial charge in [-0.25, -0.2) is 9.97 Å². The van der Waals surface area contributed by atoms with Crippen LogP contribution in [0.5, 0.6) is 5.75 Å². The standard InChI is InChI=1S/C12H13ClN4O/c1-18-10-3-2-8(6-9(10)13)16-7-12-15-5-4-11(14)17-12/h2-6,16H,7H2,1H3,(H2,14,15,17). The molecule has 18 heavy (non-hydrogen) atoms. The zero-order chi connectivity index (χ0) is 13.0. The fraction of sp³-hybridized carbons (Fsp3) is 0.167. The number of hydrogen-bond acceptors (Lipinski definition) is 5. The van der Waals surface area contributed by atoms with Gasteiger partial charge in [0.05, 0.1) is 18.7 Å². The highest BCUT2D eigenvalue weighted by Crippen LogP contribution is 2.27. The summed E-state index contributed by atoms with van der Waals surface area (Å²) in [5.41, 5.74) is 6.44. The normalized spacial score (nSPS) is 10.1. The maximum Gasteiger partial charge on any atom is 0.149 e. The number of halogens is 1. The van der Waals surface area contributed by atoms with Crippen LogP contribution in [0.3, 0.4) is 0 Å². The quantitative estimate of drug-likeness (QED) is 0.887. The van der Waals surface area contributed by atoms with E-state index < -0.39 is 0 Å². The molecule has 0 aliphatic rings. The SMILES string of the molecule is COc1ccc(NCc2nccc(N)n2)cc1Cl. The van der Waals surface area contributed by atoms with Gasteiger partial charge in [-0.15, -0.1) is 0 Å². The van der Waals surface area contributed by atoms with Crippen LogP contribution in [0, 0.1) is 0 Å². The molecule has 1 aromatic carbocycles. The van der Waals surface area contributed by atoms with E-state index in [4.69, 9.17) is 22.1 Å². The van der Waals surface area contributed by atoms with Crippen LogP contribution in [0.1, 0.15) is 5.82 Å². The third-order valence-electron chi connectivity index (χ3n) is 2.33. The number of anilines is 2. The largest absolute Gasteiger partial charge is 0.495 e. The Morgan fingerprint density at radius 2 is 2.22 bits per heavy atom. The van der Waals surface area contributed by atoms with Crippen LogP contribution in [-0.2, 0) is 6.54 Å². The molecule has 0 aliphatic heterocycles. The van der Waals surface area contributed by atoms with Crippen molar-refractivity contribution in [3.05, 3.63) is 41.3 Å². The van der Waals surface area contributed by atoms with Gasteiger partial charge in [-0.3, -0.25) is 0 Å². The van der Waals surface area contributed by atoms with Crippen LogP contribution < -0.4 is 15.8 Å². The van der Waals surface area contributed by atoms with Gasteiger partial charge in [-0.2, -0.15) is 0 Å². The first-order valence-electron chi connectivity index (χ1n) is 5.34. The second kappa shape index (κ2) is 5.55. The van der Waals surface area contributed by atoms with Crippen LogP contribution in [0.2, 0.25) is 5.02 Å². The Bertz CT molecular complexity index is 547. The van der Waals surface area contributed by atoms with Crippen molar-refractivity contribution < 1.29 is 4.74 Å². The first-order chi connectivity index (χ1) is 8.69. The maximum atomic E-state index is 6.02. The monoisotopic (exact) mass is 264 g/mol. The maximum absolute atomic E-state index is 6.02. The van der Waals surface area contributed by atoms with Gasteiger partial charge < -0.3 is 15.8 Å². The lowest BCUT2D eigenvalue weighted by molar-refractivity contribution is 0.415. The second-order valence-corrected chi connectivity index (χ2v) is 4.01. The van der Waals surface area contributed by atoms with E-state index in [1.54, 1.807) is 31.5 Å². The average Bonchev–Trinajstić information content (AvgIpc) is 2.37. The summed E-state index contributed by atoms with van der Waals surface area (Å²) < 4.78 is 5.08. The highest BCUT2D eigenvalue weighted by molar-refractivity contribution is 6.32. The average molecular weight is 265 g/mol. The number of nitrogens with one attached hydrogen (secondary N) is 1. The first kappa shape index (κ1) is 12.4. The Balaban J connectivity index is 2.04. The molecule has 3 N–H and O–H groups in total.